The quantitative estimate of drug-likeness (QED) is 0.584. The number of aliphatic hydroxyl groups is 2. The number of hydrogen-bond donors (Lipinski definition) is 2. The number of fused-ring (bicyclic) bond motifs is 4. The van der Waals surface area contributed by atoms with E-state index in [1.54, 1.807) is 11.1 Å². The number of rotatable bonds is 0. The van der Waals surface area contributed by atoms with Crippen LogP contribution in [-0.4, -0.2) is 10.2 Å². The van der Waals surface area contributed by atoms with E-state index in [0.29, 0.717) is 29.4 Å². The maximum atomic E-state index is 10.7. The van der Waals surface area contributed by atoms with E-state index in [4.69, 9.17) is 0 Å². The summed E-state index contributed by atoms with van der Waals surface area (Å²) in [4.78, 5) is 0. The van der Waals surface area contributed by atoms with Crippen molar-refractivity contribution in [1.29, 1.82) is 0 Å². The zero-order chi connectivity index (χ0) is 14.8. The molecule has 0 spiro atoms. The van der Waals surface area contributed by atoms with Gasteiger partial charge in [-0.2, -0.15) is 0 Å². The highest BCUT2D eigenvalue weighted by Crippen LogP contribution is 2.64. The molecule has 0 amide bonds. The fraction of sp³-hybridized carbons (Fsp3) is 0.789. The lowest BCUT2D eigenvalue weighted by Crippen LogP contribution is -2.46. The number of allylic oxidation sites excluding steroid dienone is 4. The van der Waals surface area contributed by atoms with E-state index in [0.717, 1.165) is 6.42 Å². The van der Waals surface area contributed by atoms with E-state index in [9.17, 15) is 10.2 Å². The fourth-order valence-corrected chi connectivity index (χ4v) is 6.22. The van der Waals surface area contributed by atoms with Gasteiger partial charge in [0.15, 0.2) is 0 Å². The van der Waals surface area contributed by atoms with Gasteiger partial charge in [-0.1, -0.05) is 25.0 Å². The molecule has 2 saturated carbocycles. The van der Waals surface area contributed by atoms with Crippen LogP contribution in [0.3, 0.4) is 0 Å². The van der Waals surface area contributed by atoms with Crippen molar-refractivity contribution in [1.82, 2.24) is 0 Å². The zero-order valence-corrected chi connectivity index (χ0v) is 13.4. The molecule has 0 aromatic rings. The molecular weight excluding hydrogens is 260 g/mol. The van der Waals surface area contributed by atoms with E-state index in [2.05, 4.69) is 13.8 Å². The first-order valence-corrected chi connectivity index (χ1v) is 8.81. The predicted molar refractivity (Wildman–Crippen MR) is 84.1 cm³/mol. The lowest BCUT2D eigenvalue weighted by molar-refractivity contribution is 0.0183. The van der Waals surface area contributed by atoms with Crippen molar-refractivity contribution in [2.75, 3.05) is 0 Å². The third-order valence-corrected chi connectivity index (χ3v) is 7.52. The van der Waals surface area contributed by atoms with Crippen LogP contribution in [0.5, 0.6) is 0 Å². The highest BCUT2D eigenvalue weighted by atomic mass is 16.3. The molecule has 2 N–H and O–H groups in total. The van der Waals surface area contributed by atoms with Crippen molar-refractivity contribution >= 4 is 0 Å². The minimum Gasteiger partial charge on any atom is -0.509 e. The smallest absolute Gasteiger partial charge is 0.136 e. The van der Waals surface area contributed by atoms with Crippen LogP contribution in [0.4, 0.5) is 0 Å². The lowest BCUT2D eigenvalue weighted by atomic mass is 9.50. The molecule has 0 heterocycles. The van der Waals surface area contributed by atoms with Crippen molar-refractivity contribution in [3.63, 3.8) is 0 Å². The Morgan fingerprint density at radius 1 is 0.952 bits per heavy atom. The van der Waals surface area contributed by atoms with Crippen molar-refractivity contribution < 1.29 is 10.2 Å². The van der Waals surface area contributed by atoms with Gasteiger partial charge < -0.3 is 10.2 Å². The van der Waals surface area contributed by atoms with Gasteiger partial charge in [0, 0.05) is 11.8 Å². The van der Waals surface area contributed by atoms with Crippen LogP contribution in [0.1, 0.15) is 71.6 Å². The molecule has 4 atom stereocenters. The van der Waals surface area contributed by atoms with E-state index in [1.807, 2.05) is 0 Å². The average Bonchev–Trinajstić information content (AvgIpc) is 2.86. The molecule has 0 aromatic carbocycles. The second-order valence-corrected chi connectivity index (χ2v) is 8.36. The molecule has 116 valence electrons. The molecule has 1 unspecified atom stereocenters. The van der Waals surface area contributed by atoms with Crippen molar-refractivity contribution in [3.05, 3.63) is 22.7 Å². The van der Waals surface area contributed by atoms with Crippen LogP contribution >= 0.6 is 0 Å². The van der Waals surface area contributed by atoms with Gasteiger partial charge in [0.25, 0.3) is 0 Å². The molecule has 21 heavy (non-hydrogen) atoms. The monoisotopic (exact) mass is 288 g/mol. The number of aliphatic hydroxyl groups excluding tert-OH is 2. The highest BCUT2D eigenvalue weighted by Gasteiger charge is 2.55. The molecule has 0 aliphatic heterocycles. The van der Waals surface area contributed by atoms with Crippen molar-refractivity contribution in [3.8, 4) is 0 Å². The molecule has 2 nitrogen and oxygen atoms in total. The lowest BCUT2D eigenvalue weighted by Gasteiger charge is -2.54. The predicted octanol–water partition coefficient (Wildman–Crippen LogP) is 5.42. The van der Waals surface area contributed by atoms with Gasteiger partial charge in [0.1, 0.15) is 11.5 Å². The minimum absolute atomic E-state index is 0.202. The molecule has 0 aromatic heterocycles. The Morgan fingerprint density at radius 3 is 2.52 bits per heavy atom. The third kappa shape index (κ3) is 1.65. The van der Waals surface area contributed by atoms with Crippen molar-refractivity contribution in [2.24, 2.45) is 22.7 Å². The van der Waals surface area contributed by atoms with E-state index < -0.39 is 0 Å². The first-order valence-electron chi connectivity index (χ1n) is 8.81. The normalized spacial score (nSPS) is 46.2. The summed E-state index contributed by atoms with van der Waals surface area (Å²) in [6.45, 7) is 4.69. The molecule has 0 saturated heterocycles. The van der Waals surface area contributed by atoms with Crippen LogP contribution in [0.15, 0.2) is 22.7 Å². The third-order valence-electron chi connectivity index (χ3n) is 7.52. The first kappa shape index (κ1) is 13.7. The Kier molecular flexibility index (Phi) is 2.81. The molecule has 0 bridgehead atoms. The highest BCUT2D eigenvalue weighted by molar-refractivity contribution is 5.36. The van der Waals surface area contributed by atoms with Gasteiger partial charge in [-0.05, 0) is 68.6 Å². The Labute approximate surface area is 127 Å². The SMILES string of the molecule is C[C@@]12CCCC1=C1CCC3CCC(O)=C(O)[C@]3(C)[C@H]1CC2. The molecule has 4 rings (SSSR count). The van der Waals surface area contributed by atoms with Crippen LogP contribution in [-0.2, 0) is 0 Å². The summed E-state index contributed by atoms with van der Waals surface area (Å²) < 4.78 is 0. The summed E-state index contributed by atoms with van der Waals surface area (Å²) in [5.41, 5.74) is 3.65. The summed E-state index contributed by atoms with van der Waals surface area (Å²) >= 11 is 0. The average molecular weight is 288 g/mol. The first-order chi connectivity index (χ1) is 9.97. The second kappa shape index (κ2) is 4.30. The molecule has 2 fully saturated rings. The largest absolute Gasteiger partial charge is 0.509 e. The van der Waals surface area contributed by atoms with E-state index in [-0.39, 0.29) is 11.2 Å². The molecule has 4 aliphatic carbocycles. The Hall–Kier alpha value is -0.920. The topological polar surface area (TPSA) is 40.5 Å². The zero-order valence-electron chi connectivity index (χ0n) is 13.4. The Bertz CT molecular complexity index is 544. The molecule has 4 aliphatic rings. The van der Waals surface area contributed by atoms with Gasteiger partial charge in [-0.25, -0.2) is 0 Å². The summed E-state index contributed by atoms with van der Waals surface area (Å²) in [5.74, 6) is 1.61. The van der Waals surface area contributed by atoms with E-state index in [1.165, 1.54) is 44.9 Å². The fourth-order valence-electron chi connectivity index (χ4n) is 6.22. The van der Waals surface area contributed by atoms with Crippen molar-refractivity contribution in [2.45, 2.75) is 71.6 Å². The maximum absolute atomic E-state index is 10.7. The van der Waals surface area contributed by atoms with Crippen LogP contribution < -0.4 is 0 Å². The van der Waals surface area contributed by atoms with Gasteiger partial charge in [0.2, 0.25) is 0 Å². The summed E-state index contributed by atoms with van der Waals surface area (Å²) in [6.07, 6.45) is 10.6. The summed E-state index contributed by atoms with van der Waals surface area (Å²) in [5, 5.41) is 20.8. The van der Waals surface area contributed by atoms with Gasteiger partial charge in [-0.3, -0.25) is 0 Å². The maximum Gasteiger partial charge on any atom is 0.136 e. The molecule has 2 heteroatoms. The Morgan fingerprint density at radius 2 is 1.71 bits per heavy atom. The minimum atomic E-state index is -0.202. The standard InChI is InChI=1S/C19H28O2/c1-18-10-3-4-14(18)13-7-5-12-6-8-16(20)17(21)19(12,2)15(13)9-11-18/h12,15,20-21H,3-11H2,1-2H3/t12?,15-,18-,19-/m0/s1. The van der Waals surface area contributed by atoms with Gasteiger partial charge >= 0.3 is 0 Å². The summed E-state index contributed by atoms with van der Waals surface area (Å²) in [7, 11) is 0. The molecule has 0 radical (unpaired) electrons. The van der Waals surface area contributed by atoms with Crippen LogP contribution in [0.2, 0.25) is 0 Å². The van der Waals surface area contributed by atoms with Crippen LogP contribution in [0.25, 0.3) is 0 Å². The second-order valence-electron chi connectivity index (χ2n) is 8.36. The van der Waals surface area contributed by atoms with E-state index >= 15 is 0 Å². The summed E-state index contributed by atoms with van der Waals surface area (Å²) in [6, 6.07) is 0. The van der Waals surface area contributed by atoms with Crippen LogP contribution in [0, 0.1) is 22.7 Å². The van der Waals surface area contributed by atoms with Gasteiger partial charge in [-0.15, -0.1) is 0 Å². The number of hydrogen-bond acceptors (Lipinski definition) is 2. The Balaban J connectivity index is 1.84. The van der Waals surface area contributed by atoms with Gasteiger partial charge in [0.05, 0.1) is 0 Å². The molecular formula is C19H28O2.